The Morgan fingerprint density at radius 1 is 1.04 bits per heavy atom. The second-order valence-electron chi connectivity index (χ2n) is 5.19. The number of ether oxygens (including phenoxy) is 3. The van der Waals surface area contributed by atoms with Gasteiger partial charge in [0.05, 0.1) is 19.9 Å². The summed E-state index contributed by atoms with van der Waals surface area (Å²) in [5.41, 5.74) is 2.54. The number of benzene rings is 2. The van der Waals surface area contributed by atoms with Crippen LogP contribution >= 0.6 is 0 Å². The summed E-state index contributed by atoms with van der Waals surface area (Å²) < 4.78 is 15.0. The lowest BCUT2D eigenvalue weighted by Crippen LogP contribution is -2.12. The van der Waals surface area contributed by atoms with Gasteiger partial charge in [-0.25, -0.2) is 4.79 Å². The Morgan fingerprint density at radius 2 is 1.80 bits per heavy atom. The largest absolute Gasteiger partial charge is 0.497 e. The minimum absolute atomic E-state index is 0.135. The van der Waals surface area contributed by atoms with Crippen LogP contribution in [0.15, 0.2) is 53.7 Å². The molecule has 132 valence electrons. The molecule has 0 atom stereocenters. The molecule has 6 nitrogen and oxygen atoms in total. The second kappa shape index (κ2) is 9.32. The molecule has 2 rings (SSSR count). The monoisotopic (exact) mass is 343 g/mol. The summed E-state index contributed by atoms with van der Waals surface area (Å²) in [7, 11) is 2.95. The minimum atomic E-state index is -0.432. The van der Waals surface area contributed by atoms with Crippen LogP contribution in [-0.4, -0.2) is 32.5 Å². The lowest BCUT2D eigenvalue weighted by molar-refractivity contribution is -0.142. The maximum absolute atomic E-state index is 11.1. The van der Waals surface area contributed by atoms with Gasteiger partial charge in [0.2, 0.25) is 0 Å². The van der Waals surface area contributed by atoms with Crippen LogP contribution in [0.3, 0.4) is 0 Å². The summed E-state index contributed by atoms with van der Waals surface area (Å²) in [5.74, 6) is 0.929. The van der Waals surface area contributed by atoms with Gasteiger partial charge in [-0.15, -0.1) is 0 Å². The smallest absolute Gasteiger partial charge is 0.343 e. The average molecular weight is 343 g/mol. The molecule has 0 saturated heterocycles. The molecule has 2 aromatic carbocycles. The van der Waals surface area contributed by atoms with Gasteiger partial charge in [-0.2, -0.15) is 0 Å². The molecule has 0 N–H and O–H groups in total. The predicted octanol–water partition coefficient (Wildman–Crippen LogP) is 3.19. The van der Waals surface area contributed by atoms with E-state index in [0.717, 1.165) is 16.9 Å². The molecule has 0 aliphatic heterocycles. The van der Waals surface area contributed by atoms with E-state index in [1.165, 1.54) is 7.11 Å². The van der Waals surface area contributed by atoms with E-state index in [-0.39, 0.29) is 6.61 Å². The molecule has 0 unspecified atom stereocenters. The van der Waals surface area contributed by atoms with Crippen molar-refractivity contribution in [1.29, 1.82) is 0 Å². The van der Waals surface area contributed by atoms with Gasteiger partial charge in [-0.3, -0.25) is 0 Å². The Bertz CT molecular complexity index is 725. The van der Waals surface area contributed by atoms with Crippen molar-refractivity contribution in [2.75, 3.05) is 20.8 Å². The van der Waals surface area contributed by atoms with Crippen LogP contribution < -0.4 is 9.47 Å². The van der Waals surface area contributed by atoms with E-state index in [0.29, 0.717) is 18.1 Å². The summed E-state index contributed by atoms with van der Waals surface area (Å²) in [6, 6.07) is 14.9. The summed E-state index contributed by atoms with van der Waals surface area (Å²) in [5, 5.41) is 4.12. The van der Waals surface area contributed by atoms with Gasteiger partial charge in [0.15, 0.2) is 6.61 Å². The standard InChI is InChI=1S/C19H21NO5/c1-14(20-25-12-15-7-9-17(22-2)10-8-15)16-5-4-6-18(11-16)24-13-19(21)23-3/h4-11H,12-13H2,1-3H3/b20-14+. The number of rotatable bonds is 8. The molecule has 0 saturated carbocycles. The Morgan fingerprint density at radius 3 is 2.48 bits per heavy atom. The topological polar surface area (TPSA) is 66.4 Å². The van der Waals surface area contributed by atoms with Gasteiger partial charge in [0.25, 0.3) is 0 Å². The molecule has 0 spiro atoms. The first-order chi connectivity index (χ1) is 12.1. The fourth-order valence-corrected chi connectivity index (χ4v) is 1.99. The van der Waals surface area contributed by atoms with E-state index in [1.54, 1.807) is 19.2 Å². The number of hydrogen-bond acceptors (Lipinski definition) is 6. The third kappa shape index (κ3) is 5.84. The highest BCUT2D eigenvalue weighted by molar-refractivity contribution is 5.98. The van der Waals surface area contributed by atoms with Crippen molar-refractivity contribution in [2.45, 2.75) is 13.5 Å². The third-order valence-corrected chi connectivity index (χ3v) is 3.43. The molecule has 0 aliphatic rings. The maximum Gasteiger partial charge on any atom is 0.343 e. The van der Waals surface area contributed by atoms with E-state index in [9.17, 15) is 4.79 Å². The predicted molar refractivity (Wildman–Crippen MR) is 93.9 cm³/mol. The van der Waals surface area contributed by atoms with Crippen molar-refractivity contribution in [3.63, 3.8) is 0 Å². The first kappa shape index (κ1) is 18.3. The molecule has 0 radical (unpaired) electrons. The van der Waals surface area contributed by atoms with Gasteiger partial charge in [-0.1, -0.05) is 29.4 Å². The summed E-state index contributed by atoms with van der Waals surface area (Å²) in [6.07, 6.45) is 0. The summed E-state index contributed by atoms with van der Waals surface area (Å²) >= 11 is 0. The van der Waals surface area contributed by atoms with Gasteiger partial charge < -0.3 is 19.0 Å². The third-order valence-electron chi connectivity index (χ3n) is 3.43. The Balaban J connectivity index is 1.93. The number of nitrogens with zero attached hydrogens (tertiary/aromatic N) is 1. The molecule has 0 fully saturated rings. The molecule has 6 heteroatoms. The van der Waals surface area contributed by atoms with Crippen LogP contribution in [0.5, 0.6) is 11.5 Å². The molecule has 2 aromatic rings. The highest BCUT2D eigenvalue weighted by atomic mass is 16.6. The molecule has 0 aromatic heterocycles. The normalized spacial score (nSPS) is 10.9. The number of carbonyl (C=O) groups excluding carboxylic acids is 1. The fraction of sp³-hybridized carbons (Fsp3) is 0.263. The number of esters is 1. The summed E-state index contributed by atoms with van der Waals surface area (Å²) in [6.45, 7) is 2.07. The molecule has 25 heavy (non-hydrogen) atoms. The van der Waals surface area contributed by atoms with Crippen molar-refractivity contribution < 1.29 is 23.8 Å². The molecular weight excluding hydrogens is 322 g/mol. The highest BCUT2D eigenvalue weighted by Crippen LogP contribution is 2.15. The SMILES string of the molecule is COC(=O)COc1cccc(/C(C)=N/OCc2ccc(OC)cc2)c1. The number of carbonyl (C=O) groups is 1. The fourth-order valence-electron chi connectivity index (χ4n) is 1.99. The lowest BCUT2D eigenvalue weighted by Gasteiger charge is -2.07. The van der Waals surface area contributed by atoms with Crippen LogP contribution in [0.2, 0.25) is 0 Å². The maximum atomic E-state index is 11.1. The van der Waals surface area contributed by atoms with Gasteiger partial charge in [0.1, 0.15) is 18.1 Å². The van der Waals surface area contributed by atoms with E-state index < -0.39 is 5.97 Å². The van der Waals surface area contributed by atoms with Crippen molar-refractivity contribution in [3.8, 4) is 11.5 Å². The average Bonchev–Trinajstić information content (AvgIpc) is 2.66. The first-order valence-corrected chi connectivity index (χ1v) is 7.72. The molecule has 0 aliphatic carbocycles. The van der Waals surface area contributed by atoms with Crippen molar-refractivity contribution in [2.24, 2.45) is 5.16 Å². The van der Waals surface area contributed by atoms with Crippen LogP contribution in [0.4, 0.5) is 0 Å². The van der Waals surface area contributed by atoms with Crippen LogP contribution in [0.1, 0.15) is 18.1 Å². The van der Waals surface area contributed by atoms with E-state index in [1.807, 2.05) is 43.3 Å². The number of oxime groups is 1. The van der Waals surface area contributed by atoms with Crippen LogP contribution in [0.25, 0.3) is 0 Å². The zero-order valence-corrected chi connectivity index (χ0v) is 14.5. The Labute approximate surface area is 147 Å². The number of methoxy groups -OCH3 is 2. The Hall–Kier alpha value is -3.02. The second-order valence-corrected chi connectivity index (χ2v) is 5.19. The van der Waals surface area contributed by atoms with Crippen molar-refractivity contribution in [3.05, 3.63) is 59.7 Å². The van der Waals surface area contributed by atoms with E-state index in [4.69, 9.17) is 14.3 Å². The molecule has 0 bridgehead atoms. The van der Waals surface area contributed by atoms with Crippen molar-refractivity contribution >= 4 is 11.7 Å². The first-order valence-electron chi connectivity index (χ1n) is 7.72. The van der Waals surface area contributed by atoms with Crippen molar-refractivity contribution in [1.82, 2.24) is 0 Å². The zero-order chi connectivity index (χ0) is 18.1. The highest BCUT2D eigenvalue weighted by Gasteiger charge is 2.04. The van der Waals surface area contributed by atoms with Gasteiger partial charge in [0, 0.05) is 5.56 Å². The van der Waals surface area contributed by atoms with Gasteiger partial charge in [-0.05, 0) is 36.8 Å². The zero-order valence-electron chi connectivity index (χ0n) is 14.5. The van der Waals surface area contributed by atoms with E-state index in [2.05, 4.69) is 9.89 Å². The molecule has 0 amide bonds. The molecular formula is C19H21NO5. The summed E-state index contributed by atoms with van der Waals surface area (Å²) in [4.78, 5) is 16.5. The Kier molecular flexibility index (Phi) is 6.83. The lowest BCUT2D eigenvalue weighted by atomic mass is 10.1. The molecule has 0 heterocycles. The minimum Gasteiger partial charge on any atom is -0.497 e. The van der Waals surface area contributed by atoms with Gasteiger partial charge >= 0.3 is 5.97 Å². The quantitative estimate of drug-likeness (QED) is 0.418. The van der Waals surface area contributed by atoms with Crippen LogP contribution in [0, 0.1) is 0 Å². The van der Waals surface area contributed by atoms with E-state index >= 15 is 0 Å². The van der Waals surface area contributed by atoms with Crippen LogP contribution in [-0.2, 0) is 21.0 Å². The number of hydrogen-bond donors (Lipinski definition) is 0.